The molecule has 0 radical (unpaired) electrons. The molecule has 0 aliphatic heterocycles. The summed E-state index contributed by atoms with van der Waals surface area (Å²) in [4.78, 5) is 2.63. The van der Waals surface area contributed by atoms with Crippen LogP contribution in [-0.2, 0) is 0 Å². The lowest BCUT2D eigenvalue weighted by atomic mass is 10.8. The molecule has 0 amide bonds. The molecule has 0 aromatic carbocycles. The van der Waals surface area contributed by atoms with E-state index in [1.54, 1.807) is 21.6 Å². The van der Waals surface area contributed by atoms with Gasteiger partial charge in [-0.15, -0.1) is 12.4 Å². The monoisotopic (exact) mass is 214 g/mol. The van der Waals surface area contributed by atoms with E-state index < -0.39 is 0 Å². The van der Waals surface area contributed by atoms with Gasteiger partial charge in [-0.25, -0.2) is 0 Å². The van der Waals surface area contributed by atoms with Gasteiger partial charge >= 0.3 is 0 Å². The average molecular weight is 215 g/mol. The highest BCUT2D eigenvalue weighted by Crippen LogP contribution is 2.19. The predicted octanol–water partition coefficient (Wildman–Crippen LogP) is 2.06. The topological polar surface area (TPSA) is 74.8 Å². The maximum absolute atomic E-state index is 7.89. The van der Waals surface area contributed by atoms with Crippen molar-refractivity contribution in [2.75, 3.05) is 24.6 Å². The quantitative estimate of drug-likeness (QED) is 0.242. The highest BCUT2D eigenvalue weighted by molar-refractivity contribution is 8.76. The lowest BCUT2D eigenvalue weighted by Crippen LogP contribution is -2.00. The molecule has 0 fully saturated rings. The van der Waals surface area contributed by atoms with Gasteiger partial charge in [0.05, 0.1) is 0 Å². The van der Waals surface area contributed by atoms with Gasteiger partial charge in [0.2, 0.25) is 0 Å². The van der Waals surface area contributed by atoms with Crippen molar-refractivity contribution in [3.8, 4) is 0 Å². The van der Waals surface area contributed by atoms with Crippen LogP contribution in [0.15, 0.2) is 5.11 Å². The Morgan fingerprint density at radius 3 is 2.55 bits per heavy atom. The third kappa shape index (κ3) is 13.3. The predicted molar refractivity (Wildman–Crippen MR) is 55.2 cm³/mol. The molecule has 2 N–H and O–H groups in total. The Bertz CT molecular complexity index is 117. The number of nitrogens with zero attached hydrogens (tertiary/aromatic N) is 3. The molecule has 0 unspecified atom stereocenters. The summed E-state index contributed by atoms with van der Waals surface area (Å²) >= 11 is 0. The molecule has 0 atom stereocenters. The van der Waals surface area contributed by atoms with E-state index in [4.69, 9.17) is 11.3 Å². The molecule has 0 spiro atoms. The first-order valence-electron chi connectivity index (χ1n) is 2.87. The summed E-state index contributed by atoms with van der Waals surface area (Å²) in [6, 6.07) is 0. The van der Waals surface area contributed by atoms with E-state index in [2.05, 4.69) is 10.0 Å². The van der Waals surface area contributed by atoms with Crippen molar-refractivity contribution >= 4 is 34.0 Å². The van der Waals surface area contributed by atoms with Gasteiger partial charge in [-0.05, 0) is 5.53 Å². The minimum Gasteiger partial charge on any atom is -0.330 e. The molecule has 0 bridgehead atoms. The summed E-state index contributed by atoms with van der Waals surface area (Å²) in [5, 5.41) is 3.38. The van der Waals surface area contributed by atoms with Crippen LogP contribution in [0.5, 0.6) is 0 Å². The second-order valence-corrected chi connectivity index (χ2v) is 4.09. The number of halogens is 1. The average Bonchev–Trinajstić information content (AvgIpc) is 1.97. The maximum Gasteiger partial charge on any atom is 0.0357 e. The highest BCUT2D eigenvalue weighted by atomic mass is 35.5. The maximum atomic E-state index is 7.89. The van der Waals surface area contributed by atoms with Crippen LogP contribution in [0.3, 0.4) is 0 Å². The van der Waals surface area contributed by atoms with Crippen molar-refractivity contribution < 1.29 is 0 Å². The van der Waals surface area contributed by atoms with Gasteiger partial charge in [0.25, 0.3) is 0 Å². The SMILES string of the molecule is Cl.[N-]=[N+]=NCCSSCCN. The van der Waals surface area contributed by atoms with Crippen LogP contribution in [0, 0.1) is 0 Å². The fourth-order valence-corrected chi connectivity index (χ4v) is 2.00. The lowest BCUT2D eigenvalue weighted by Gasteiger charge is -1.93. The van der Waals surface area contributed by atoms with E-state index in [1.165, 1.54) is 0 Å². The van der Waals surface area contributed by atoms with Gasteiger partial charge in [-0.3, -0.25) is 0 Å². The number of rotatable bonds is 6. The van der Waals surface area contributed by atoms with Crippen LogP contribution in [0.25, 0.3) is 10.4 Å². The lowest BCUT2D eigenvalue weighted by molar-refractivity contribution is 1.12. The van der Waals surface area contributed by atoms with Gasteiger partial charge in [-0.1, -0.05) is 26.7 Å². The molecule has 4 nitrogen and oxygen atoms in total. The largest absolute Gasteiger partial charge is 0.330 e. The van der Waals surface area contributed by atoms with Gasteiger partial charge in [0, 0.05) is 29.5 Å². The van der Waals surface area contributed by atoms with Gasteiger partial charge in [-0.2, -0.15) is 0 Å². The molecule has 66 valence electrons. The fraction of sp³-hybridized carbons (Fsp3) is 1.00. The van der Waals surface area contributed by atoms with Crippen LogP contribution < -0.4 is 5.73 Å². The van der Waals surface area contributed by atoms with Crippen molar-refractivity contribution in [2.45, 2.75) is 0 Å². The first-order chi connectivity index (χ1) is 4.91. The van der Waals surface area contributed by atoms with Crippen LogP contribution >= 0.6 is 34.0 Å². The number of nitrogens with two attached hydrogens (primary N) is 1. The molecule has 0 aromatic heterocycles. The summed E-state index contributed by atoms with van der Waals surface area (Å²) in [5.74, 6) is 1.83. The van der Waals surface area contributed by atoms with Crippen molar-refractivity contribution in [3.63, 3.8) is 0 Å². The van der Waals surface area contributed by atoms with Crippen molar-refractivity contribution in [3.05, 3.63) is 10.4 Å². The molecule has 0 rings (SSSR count). The smallest absolute Gasteiger partial charge is 0.0357 e. The standard InChI is InChI=1S/C4H10N4S2.ClH/c5-1-3-9-10-4-2-7-8-6;/h1-5H2;1H. The van der Waals surface area contributed by atoms with Gasteiger partial charge in [0.15, 0.2) is 0 Å². The van der Waals surface area contributed by atoms with Crippen LogP contribution in [-0.4, -0.2) is 24.6 Å². The molecule has 7 heteroatoms. The Morgan fingerprint density at radius 1 is 1.36 bits per heavy atom. The van der Waals surface area contributed by atoms with E-state index >= 15 is 0 Å². The molecular weight excluding hydrogens is 204 g/mol. The van der Waals surface area contributed by atoms with Crippen molar-refractivity contribution in [1.82, 2.24) is 0 Å². The molecule has 0 aliphatic carbocycles. The molecule has 11 heavy (non-hydrogen) atoms. The van der Waals surface area contributed by atoms with Crippen molar-refractivity contribution in [1.29, 1.82) is 0 Å². The summed E-state index contributed by atoms with van der Waals surface area (Å²) < 4.78 is 0. The number of hydrogen-bond donors (Lipinski definition) is 1. The van der Waals surface area contributed by atoms with E-state index in [1.807, 2.05) is 0 Å². The van der Waals surface area contributed by atoms with E-state index in [9.17, 15) is 0 Å². The van der Waals surface area contributed by atoms with E-state index in [-0.39, 0.29) is 12.4 Å². The van der Waals surface area contributed by atoms with E-state index in [0.717, 1.165) is 11.5 Å². The minimum absolute atomic E-state index is 0. The van der Waals surface area contributed by atoms with Gasteiger partial charge in [0.1, 0.15) is 0 Å². The first-order valence-corrected chi connectivity index (χ1v) is 5.36. The molecule has 0 aromatic rings. The summed E-state index contributed by atoms with van der Waals surface area (Å²) in [6.45, 7) is 1.28. The highest BCUT2D eigenvalue weighted by Gasteiger charge is 1.86. The van der Waals surface area contributed by atoms with Gasteiger partial charge < -0.3 is 5.73 Å². The zero-order valence-corrected chi connectivity index (χ0v) is 8.42. The minimum atomic E-state index is 0. The van der Waals surface area contributed by atoms with Crippen LogP contribution in [0.4, 0.5) is 0 Å². The zero-order chi connectivity index (χ0) is 7.66. The molecule has 0 saturated heterocycles. The second-order valence-electron chi connectivity index (χ2n) is 1.39. The Kier molecular flexibility index (Phi) is 16.2. The summed E-state index contributed by atoms with van der Waals surface area (Å²) in [5.41, 5.74) is 13.1. The summed E-state index contributed by atoms with van der Waals surface area (Å²) in [7, 11) is 3.40. The summed E-state index contributed by atoms with van der Waals surface area (Å²) in [6.07, 6.45) is 0. The number of azide groups is 1. The Labute approximate surface area is 80.1 Å². The molecular formula is C4H11ClN4S2. The molecule has 0 heterocycles. The van der Waals surface area contributed by atoms with Crippen LogP contribution in [0.2, 0.25) is 0 Å². The first kappa shape index (κ1) is 13.8. The van der Waals surface area contributed by atoms with E-state index in [0.29, 0.717) is 13.1 Å². The van der Waals surface area contributed by atoms with Crippen molar-refractivity contribution in [2.24, 2.45) is 10.8 Å². The third-order valence-electron chi connectivity index (χ3n) is 0.622. The van der Waals surface area contributed by atoms with Crippen LogP contribution in [0.1, 0.15) is 0 Å². The molecule has 0 saturated carbocycles. The third-order valence-corrected chi connectivity index (χ3v) is 3.04. The fourth-order valence-electron chi connectivity index (χ4n) is 0.289. The Balaban J connectivity index is 0. The Hall–Kier alpha value is 0.260. The Morgan fingerprint density at radius 2 is 2.00 bits per heavy atom. The number of hydrogen-bond acceptors (Lipinski definition) is 4. The second kappa shape index (κ2) is 12.9. The molecule has 0 aliphatic rings. The zero-order valence-electron chi connectivity index (χ0n) is 5.97. The normalized spacial score (nSPS) is 8.09.